The molecule has 0 aromatic rings. The van der Waals surface area contributed by atoms with Crippen LogP contribution in [0.4, 0.5) is 0 Å². The molecule has 3 fully saturated rings. The Morgan fingerprint density at radius 3 is 2.39 bits per heavy atom. The van der Waals surface area contributed by atoms with E-state index in [1.165, 1.54) is 0 Å². The molecule has 0 radical (unpaired) electrons. The van der Waals surface area contributed by atoms with Crippen LogP contribution in [-0.4, -0.2) is 33.1 Å². The average Bonchev–Trinajstić information content (AvgIpc) is 2.72. The van der Waals surface area contributed by atoms with E-state index in [-0.39, 0.29) is 22.7 Å². The molecular weight excluding hydrogens is 228 g/mol. The first kappa shape index (κ1) is 12.6. The summed E-state index contributed by atoms with van der Waals surface area (Å²) in [5.74, 6) is -0.267. The van der Waals surface area contributed by atoms with Gasteiger partial charge in [0.2, 0.25) is 0 Å². The van der Waals surface area contributed by atoms with Crippen molar-refractivity contribution in [1.82, 2.24) is 0 Å². The molecule has 0 bridgehead atoms. The summed E-state index contributed by atoms with van der Waals surface area (Å²) in [6.07, 6.45) is 1.18. The molecule has 3 rings (SSSR count). The molecule has 0 amide bonds. The molecule has 0 heterocycles. The second kappa shape index (κ2) is 3.20. The van der Waals surface area contributed by atoms with Crippen molar-refractivity contribution >= 4 is 0 Å². The van der Waals surface area contributed by atoms with Crippen LogP contribution in [0.3, 0.4) is 0 Å². The highest BCUT2D eigenvalue weighted by Gasteiger charge is 2.74. The van der Waals surface area contributed by atoms with Gasteiger partial charge in [-0.15, -0.1) is 0 Å². The number of fused-ring (bicyclic) bond motifs is 3. The van der Waals surface area contributed by atoms with E-state index in [1.807, 2.05) is 0 Å². The van der Waals surface area contributed by atoms with Crippen LogP contribution in [0, 0.1) is 22.7 Å². The smallest absolute Gasteiger partial charge is 0.0972 e. The minimum absolute atomic E-state index is 0.0119. The van der Waals surface area contributed by atoms with Gasteiger partial charge in [-0.3, -0.25) is 0 Å². The van der Waals surface area contributed by atoms with E-state index in [2.05, 4.69) is 27.4 Å². The van der Waals surface area contributed by atoms with Crippen molar-refractivity contribution in [2.75, 3.05) is 0 Å². The SMILES string of the molecule is C=C1[C@@H](O)C[C@@H]2[C@H](O)[C@]3(C)CCC(C)(C)[C@H]3[C@@]12O. The highest BCUT2D eigenvalue weighted by molar-refractivity contribution is 5.36. The maximum absolute atomic E-state index is 11.2. The van der Waals surface area contributed by atoms with Gasteiger partial charge in [-0.1, -0.05) is 27.4 Å². The van der Waals surface area contributed by atoms with Crippen LogP contribution in [0.25, 0.3) is 0 Å². The third kappa shape index (κ3) is 1.12. The molecule has 0 spiro atoms. The molecule has 3 heteroatoms. The Kier molecular flexibility index (Phi) is 2.24. The highest BCUT2D eigenvalue weighted by Crippen LogP contribution is 2.71. The molecule has 0 aliphatic heterocycles. The molecule has 0 aromatic heterocycles. The minimum Gasteiger partial charge on any atom is -0.392 e. The zero-order chi connectivity index (χ0) is 13.5. The van der Waals surface area contributed by atoms with Gasteiger partial charge in [-0.2, -0.15) is 0 Å². The number of hydrogen-bond donors (Lipinski definition) is 3. The van der Waals surface area contributed by atoms with Gasteiger partial charge in [0.25, 0.3) is 0 Å². The van der Waals surface area contributed by atoms with Crippen LogP contribution in [0.15, 0.2) is 12.2 Å². The summed E-state index contributed by atoms with van der Waals surface area (Å²) in [5, 5.41) is 31.8. The molecule has 3 aliphatic carbocycles. The standard InChI is InChI=1S/C15H24O3/c1-8-10(16)7-9-11(17)14(4)6-5-13(2,3)12(14)15(8,9)18/h9-12,16-18H,1,5-7H2,2-4H3/t9-,10+,11+,12-,14+,15-/m1/s1. The molecule has 0 unspecified atom stereocenters. The lowest BCUT2D eigenvalue weighted by molar-refractivity contribution is -0.0403. The van der Waals surface area contributed by atoms with Crippen molar-refractivity contribution < 1.29 is 15.3 Å². The third-order valence-corrected chi connectivity index (χ3v) is 6.20. The Labute approximate surface area is 109 Å². The van der Waals surface area contributed by atoms with Crippen LogP contribution >= 0.6 is 0 Å². The highest BCUT2D eigenvalue weighted by atomic mass is 16.3. The van der Waals surface area contributed by atoms with Gasteiger partial charge in [0, 0.05) is 17.3 Å². The fourth-order valence-corrected chi connectivity index (χ4v) is 5.49. The normalized spacial score (nSPS) is 57.8. The molecule has 3 nitrogen and oxygen atoms in total. The van der Waals surface area contributed by atoms with Gasteiger partial charge in [0.05, 0.1) is 17.8 Å². The van der Waals surface area contributed by atoms with E-state index in [9.17, 15) is 15.3 Å². The quantitative estimate of drug-likeness (QED) is 0.572. The third-order valence-electron chi connectivity index (χ3n) is 6.20. The number of aliphatic hydroxyl groups is 3. The van der Waals surface area contributed by atoms with Crippen molar-refractivity contribution in [3.05, 3.63) is 12.2 Å². The monoisotopic (exact) mass is 252 g/mol. The second-order valence-corrected chi connectivity index (χ2v) is 7.58. The number of rotatable bonds is 0. The van der Waals surface area contributed by atoms with E-state index in [1.54, 1.807) is 0 Å². The Morgan fingerprint density at radius 2 is 1.78 bits per heavy atom. The maximum atomic E-state index is 11.2. The molecule has 0 aromatic carbocycles. The predicted octanol–water partition coefficient (Wildman–Crippen LogP) is 1.47. The van der Waals surface area contributed by atoms with Gasteiger partial charge < -0.3 is 15.3 Å². The lowest BCUT2D eigenvalue weighted by Gasteiger charge is -2.41. The van der Waals surface area contributed by atoms with E-state index >= 15 is 0 Å². The lowest BCUT2D eigenvalue weighted by Crippen LogP contribution is -2.46. The number of aliphatic hydroxyl groups excluding tert-OH is 2. The Hall–Kier alpha value is -0.380. The molecule has 3 N–H and O–H groups in total. The van der Waals surface area contributed by atoms with Crippen molar-refractivity contribution in [2.24, 2.45) is 22.7 Å². The summed E-state index contributed by atoms with van der Waals surface area (Å²) in [6, 6.07) is 0. The molecule has 0 saturated heterocycles. The van der Waals surface area contributed by atoms with Gasteiger partial charge in [0.15, 0.2) is 0 Å². The summed E-state index contributed by atoms with van der Waals surface area (Å²) in [4.78, 5) is 0. The fourth-order valence-electron chi connectivity index (χ4n) is 5.49. The Balaban J connectivity index is 2.16. The molecule has 3 aliphatic rings. The second-order valence-electron chi connectivity index (χ2n) is 7.58. The summed E-state index contributed by atoms with van der Waals surface area (Å²) < 4.78 is 0. The van der Waals surface area contributed by atoms with Crippen LogP contribution in [-0.2, 0) is 0 Å². The van der Waals surface area contributed by atoms with Gasteiger partial charge >= 0.3 is 0 Å². The van der Waals surface area contributed by atoms with Crippen LogP contribution < -0.4 is 0 Å². The van der Waals surface area contributed by atoms with E-state index < -0.39 is 17.8 Å². The lowest BCUT2D eigenvalue weighted by atomic mass is 9.66. The van der Waals surface area contributed by atoms with Crippen LogP contribution in [0.2, 0.25) is 0 Å². The minimum atomic E-state index is -1.09. The topological polar surface area (TPSA) is 60.7 Å². The van der Waals surface area contributed by atoms with Crippen molar-refractivity contribution in [3.8, 4) is 0 Å². The molecule has 102 valence electrons. The van der Waals surface area contributed by atoms with Gasteiger partial charge in [-0.25, -0.2) is 0 Å². The summed E-state index contributed by atoms with van der Waals surface area (Å²) in [5.41, 5.74) is -0.832. The first-order chi connectivity index (χ1) is 8.15. The van der Waals surface area contributed by atoms with Crippen LogP contribution in [0.1, 0.15) is 40.0 Å². The van der Waals surface area contributed by atoms with Gasteiger partial charge in [0.1, 0.15) is 0 Å². The number of hydrogen-bond acceptors (Lipinski definition) is 3. The maximum Gasteiger partial charge on any atom is 0.0972 e. The van der Waals surface area contributed by atoms with Crippen molar-refractivity contribution in [3.63, 3.8) is 0 Å². The largest absolute Gasteiger partial charge is 0.392 e. The fraction of sp³-hybridized carbons (Fsp3) is 0.867. The average molecular weight is 252 g/mol. The summed E-state index contributed by atoms with van der Waals surface area (Å²) in [6.45, 7) is 10.3. The van der Waals surface area contributed by atoms with E-state index in [0.29, 0.717) is 12.0 Å². The Morgan fingerprint density at radius 1 is 1.17 bits per heavy atom. The molecule has 18 heavy (non-hydrogen) atoms. The van der Waals surface area contributed by atoms with Crippen molar-refractivity contribution in [1.29, 1.82) is 0 Å². The molecular formula is C15H24O3. The first-order valence-corrected chi connectivity index (χ1v) is 6.93. The molecule has 3 saturated carbocycles. The zero-order valence-electron chi connectivity index (χ0n) is 11.5. The van der Waals surface area contributed by atoms with Crippen LogP contribution in [0.5, 0.6) is 0 Å². The van der Waals surface area contributed by atoms with E-state index in [0.717, 1.165) is 12.8 Å². The van der Waals surface area contributed by atoms with Crippen molar-refractivity contribution in [2.45, 2.75) is 57.8 Å². The zero-order valence-corrected chi connectivity index (χ0v) is 11.5. The predicted molar refractivity (Wildman–Crippen MR) is 68.8 cm³/mol. The Bertz CT molecular complexity index is 416. The first-order valence-electron chi connectivity index (χ1n) is 6.93. The van der Waals surface area contributed by atoms with E-state index in [4.69, 9.17) is 0 Å². The summed E-state index contributed by atoms with van der Waals surface area (Å²) >= 11 is 0. The summed E-state index contributed by atoms with van der Waals surface area (Å²) in [7, 11) is 0. The van der Waals surface area contributed by atoms with Gasteiger partial charge in [-0.05, 0) is 30.3 Å². The molecule has 6 atom stereocenters.